The van der Waals surface area contributed by atoms with Crippen molar-refractivity contribution < 1.29 is 23.1 Å². The maximum Gasteiger partial charge on any atom is 0.416 e. The molecule has 8 heteroatoms. The summed E-state index contributed by atoms with van der Waals surface area (Å²) in [6.45, 7) is 3.54. The van der Waals surface area contributed by atoms with Gasteiger partial charge in [-0.25, -0.2) is 4.98 Å². The number of hydrogen-bond acceptors (Lipinski definition) is 3. The van der Waals surface area contributed by atoms with E-state index in [2.05, 4.69) is 10.3 Å². The zero-order chi connectivity index (χ0) is 23.1. The summed E-state index contributed by atoms with van der Waals surface area (Å²) in [5.41, 5.74) is -0.386. The second-order valence-electron chi connectivity index (χ2n) is 9.13. The molecule has 1 aromatic heterocycles. The third-order valence-corrected chi connectivity index (χ3v) is 6.57. The second kappa shape index (κ2) is 7.92. The fourth-order valence-electron chi connectivity index (χ4n) is 4.41. The van der Waals surface area contributed by atoms with Gasteiger partial charge in [0.25, 0.3) is 0 Å². The van der Waals surface area contributed by atoms with Crippen molar-refractivity contribution in [2.75, 3.05) is 11.9 Å². The van der Waals surface area contributed by atoms with Crippen LogP contribution in [-0.4, -0.2) is 27.2 Å². The van der Waals surface area contributed by atoms with E-state index in [1.165, 1.54) is 6.07 Å². The molecule has 1 amide bonds. The fraction of sp³-hybridized carbons (Fsp3) is 0.417. The highest BCUT2D eigenvalue weighted by atomic mass is 19.4. The van der Waals surface area contributed by atoms with E-state index in [-0.39, 0.29) is 24.9 Å². The smallest absolute Gasteiger partial charge is 0.395 e. The summed E-state index contributed by atoms with van der Waals surface area (Å²) in [6, 6.07) is 12.7. The number of amides is 1. The highest BCUT2D eigenvalue weighted by molar-refractivity contribution is 5.92. The average Bonchev–Trinajstić information content (AvgIpc) is 3.09. The van der Waals surface area contributed by atoms with Crippen molar-refractivity contribution in [1.29, 1.82) is 0 Å². The highest BCUT2D eigenvalue weighted by Crippen LogP contribution is 2.44. The number of aliphatic hydroxyl groups excluding tert-OH is 1. The summed E-state index contributed by atoms with van der Waals surface area (Å²) in [6.07, 6.45) is -1.93. The molecule has 5 nitrogen and oxygen atoms in total. The first-order valence-corrected chi connectivity index (χ1v) is 10.6. The number of carbonyl (C=O) groups excluding carboxylic acids is 1. The van der Waals surface area contributed by atoms with Crippen LogP contribution in [0.5, 0.6) is 0 Å². The predicted molar refractivity (Wildman–Crippen MR) is 116 cm³/mol. The van der Waals surface area contributed by atoms with Crippen LogP contribution in [0.15, 0.2) is 48.5 Å². The highest BCUT2D eigenvalue weighted by Gasteiger charge is 2.39. The summed E-state index contributed by atoms with van der Waals surface area (Å²) in [5.74, 6) is -0.124. The number of nitrogens with one attached hydrogen (secondary N) is 1. The molecule has 1 aliphatic carbocycles. The first-order chi connectivity index (χ1) is 15.1. The lowest BCUT2D eigenvalue weighted by molar-refractivity contribution is -0.137. The molecule has 0 radical (unpaired) electrons. The topological polar surface area (TPSA) is 67.2 Å². The molecule has 3 aromatic rings. The Morgan fingerprint density at radius 3 is 2.41 bits per heavy atom. The molecule has 0 spiro atoms. The predicted octanol–water partition coefficient (Wildman–Crippen LogP) is 5.23. The number of benzene rings is 2. The van der Waals surface area contributed by atoms with Crippen molar-refractivity contribution in [2.24, 2.45) is 0 Å². The van der Waals surface area contributed by atoms with Crippen molar-refractivity contribution in [3.8, 4) is 0 Å². The van der Waals surface area contributed by atoms with Gasteiger partial charge in [0.05, 0.1) is 23.2 Å². The average molecular weight is 445 g/mol. The number of anilines is 1. The molecular formula is C24H26F3N3O2. The summed E-state index contributed by atoms with van der Waals surface area (Å²) in [7, 11) is 0. The van der Waals surface area contributed by atoms with Gasteiger partial charge in [-0.1, -0.05) is 37.3 Å². The van der Waals surface area contributed by atoms with E-state index in [4.69, 9.17) is 0 Å². The van der Waals surface area contributed by atoms with Gasteiger partial charge in [0.1, 0.15) is 0 Å². The molecule has 0 unspecified atom stereocenters. The number of aromatic nitrogens is 2. The number of rotatable bonds is 6. The zero-order valence-corrected chi connectivity index (χ0v) is 18.0. The normalized spacial score (nSPS) is 17.6. The SMILES string of the molecule is CC1(n2c(NC(=O)C[C@](C)(CO)c3ccccc3)nc3ccc(C(F)(F)F)cc32)CCC1. The fourth-order valence-corrected chi connectivity index (χ4v) is 4.41. The van der Waals surface area contributed by atoms with E-state index in [1.807, 2.05) is 37.3 Å². The number of nitrogens with zero attached hydrogens (tertiary/aromatic N) is 2. The summed E-state index contributed by atoms with van der Waals surface area (Å²) < 4.78 is 41.7. The molecule has 2 N–H and O–H groups in total. The maximum atomic E-state index is 13.3. The first-order valence-electron chi connectivity index (χ1n) is 10.6. The van der Waals surface area contributed by atoms with Gasteiger partial charge in [-0.3, -0.25) is 10.1 Å². The quantitative estimate of drug-likeness (QED) is 0.546. The van der Waals surface area contributed by atoms with Crippen LogP contribution in [0.4, 0.5) is 19.1 Å². The second-order valence-corrected chi connectivity index (χ2v) is 9.13. The Labute approximate surface area is 184 Å². The number of aliphatic hydroxyl groups is 1. The Morgan fingerprint density at radius 1 is 1.16 bits per heavy atom. The van der Waals surface area contributed by atoms with Crippen LogP contribution in [0.25, 0.3) is 11.0 Å². The van der Waals surface area contributed by atoms with Crippen molar-refractivity contribution in [1.82, 2.24) is 9.55 Å². The van der Waals surface area contributed by atoms with E-state index >= 15 is 0 Å². The van der Waals surface area contributed by atoms with Gasteiger partial charge in [-0.15, -0.1) is 0 Å². The van der Waals surface area contributed by atoms with E-state index in [0.717, 1.165) is 37.0 Å². The van der Waals surface area contributed by atoms with Crippen LogP contribution >= 0.6 is 0 Å². The Kier molecular flexibility index (Phi) is 5.53. The largest absolute Gasteiger partial charge is 0.416 e. The van der Waals surface area contributed by atoms with Gasteiger partial charge in [0, 0.05) is 17.4 Å². The number of hydrogen-bond donors (Lipinski definition) is 2. The molecule has 1 fully saturated rings. The van der Waals surface area contributed by atoms with Gasteiger partial charge in [0.15, 0.2) is 0 Å². The monoisotopic (exact) mass is 445 g/mol. The molecule has 1 aliphatic rings. The molecule has 0 saturated heterocycles. The summed E-state index contributed by atoms with van der Waals surface area (Å²) >= 11 is 0. The standard InChI is InChI=1S/C24H26F3N3O2/c1-22(15-31,16-7-4-3-5-8-16)14-20(32)29-21-28-18-10-9-17(24(25,26)27)13-19(18)30(21)23(2)11-6-12-23/h3-5,7-10,13,31H,6,11-12,14-15H2,1-2H3,(H,28,29,32)/t22-/m1/s1. The Hall–Kier alpha value is -2.87. The van der Waals surface area contributed by atoms with Gasteiger partial charge >= 0.3 is 6.18 Å². The van der Waals surface area contributed by atoms with Crippen molar-refractivity contribution in [3.05, 3.63) is 59.7 Å². The molecule has 1 heterocycles. The molecule has 1 atom stereocenters. The first kappa shape index (κ1) is 22.3. The number of alkyl halides is 3. The third-order valence-electron chi connectivity index (χ3n) is 6.57. The molecule has 32 heavy (non-hydrogen) atoms. The van der Waals surface area contributed by atoms with Gasteiger partial charge < -0.3 is 9.67 Å². The van der Waals surface area contributed by atoms with Crippen molar-refractivity contribution >= 4 is 22.9 Å². The van der Waals surface area contributed by atoms with Crippen LogP contribution in [0.1, 0.15) is 50.7 Å². The van der Waals surface area contributed by atoms with Crippen LogP contribution in [-0.2, 0) is 21.9 Å². The summed E-state index contributed by atoms with van der Waals surface area (Å²) in [4.78, 5) is 17.4. The van der Waals surface area contributed by atoms with Crippen LogP contribution < -0.4 is 5.32 Å². The lowest BCUT2D eigenvalue weighted by Crippen LogP contribution is -2.39. The lowest BCUT2D eigenvalue weighted by Gasteiger charge is -2.41. The van der Waals surface area contributed by atoms with Crippen molar-refractivity contribution in [3.63, 3.8) is 0 Å². The van der Waals surface area contributed by atoms with E-state index in [9.17, 15) is 23.1 Å². The van der Waals surface area contributed by atoms with E-state index in [1.54, 1.807) is 11.5 Å². The number of imidazole rings is 1. The van der Waals surface area contributed by atoms with Crippen LogP contribution in [0.3, 0.4) is 0 Å². The Balaban J connectivity index is 1.69. The molecule has 1 saturated carbocycles. The van der Waals surface area contributed by atoms with Crippen molar-refractivity contribution in [2.45, 2.75) is 56.7 Å². The third kappa shape index (κ3) is 3.99. The van der Waals surface area contributed by atoms with Gasteiger partial charge in [0.2, 0.25) is 11.9 Å². The molecule has 170 valence electrons. The summed E-state index contributed by atoms with van der Waals surface area (Å²) in [5, 5.41) is 12.8. The Morgan fingerprint density at radius 2 is 1.84 bits per heavy atom. The number of carbonyl (C=O) groups is 1. The molecule has 2 aromatic carbocycles. The molecular weight excluding hydrogens is 419 g/mol. The molecule has 0 bridgehead atoms. The minimum absolute atomic E-state index is 0.00122. The zero-order valence-electron chi connectivity index (χ0n) is 18.0. The van der Waals surface area contributed by atoms with Crippen LogP contribution in [0.2, 0.25) is 0 Å². The number of halogens is 3. The minimum atomic E-state index is -4.47. The Bertz CT molecular complexity index is 1140. The van der Waals surface area contributed by atoms with E-state index < -0.39 is 22.7 Å². The van der Waals surface area contributed by atoms with Gasteiger partial charge in [-0.2, -0.15) is 13.2 Å². The van der Waals surface area contributed by atoms with Gasteiger partial charge in [-0.05, 0) is 49.9 Å². The van der Waals surface area contributed by atoms with E-state index in [0.29, 0.717) is 11.0 Å². The lowest BCUT2D eigenvalue weighted by atomic mass is 9.78. The minimum Gasteiger partial charge on any atom is -0.395 e. The maximum absolute atomic E-state index is 13.3. The number of fused-ring (bicyclic) bond motifs is 1. The van der Waals surface area contributed by atoms with Crippen LogP contribution in [0, 0.1) is 0 Å². The molecule has 4 rings (SSSR count). The molecule has 0 aliphatic heterocycles.